The molecule has 160 valence electrons. The van der Waals surface area contributed by atoms with Crippen LogP contribution < -0.4 is 10.3 Å². The summed E-state index contributed by atoms with van der Waals surface area (Å²) in [7, 11) is 0. The van der Waals surface area contributed by atoms with Gasteiger partial charge in [0.15, 0.2) is 17.5 Å². The second-order valence-corrected chi connectivity index (χ2v) is 8.35. The number of aromatic nitrogens is 1. The summed E-state index contributed by atoms with van der Waals surface area (Å²) in [4.78, 5) is 30.0. The van der Waals surface area contributed by atoms with Gasteiger partial charge in [0.2, 0.25) is 0 Å². The van der Waals surface area contributed by atoms with Gasteiger partial charge in [-0.1, -0.05) is 18.2 Å². The molecule has 0 radical (unpaired) electrons. The Morgan fingerprint density at radius 2 is 1.90 bits per heavy atom. The lowest BCUT2D eigenvalue weighted by Gasteiger charge is -2.26. The summed E-state index contributed by atoms with van der Waals surface area (Å²) in [5.74, 6) is -0.258. The van der Waals surface area contributed by atoms with Crippen LogP contribution in [0.1, 0.15) is 33.1 Å². The monoisotopic (exact) mass is 420 g/mol. The smallest absolute Gasteiger partial charge is 0.331 e. The lowest BCUT2D eigenvalue weighted by molar-refractivity contribution is -0.156. The van der Waals surface area contributed by atoms with Crippen molar-refractivity contribution in [2.45, 2.75) is 45.8 Å². The molecule has 0 saturated carbocycles. The fraction of sp³-hybridized carbons (Fsp3) is 0.304. The van der Waals surface area contributed by atoms with Crippen LogP contribution >= 0.6 is 0 Å². The number of amides is 1. The Labute approximate surface area is 179 Å². The number of carbonyl (C=O) groups excluding carboxylic acids is 2. The van der Waals surface area contributed by atoms with Crippen LogP contribution in [0.3, 0.4) is 0 Å². The maximum atomic E-state index is 12.9. The molecule has 0 bridgehead atoms. The van der Waals surface area contributed by atoms with Gasteiger partial charge in [0.05, 0.1) is 5.69 Å². The third-order valence-electron chi connectivity index (χ3n) is 4.62. The van der Waals surface area contributed by atoms with Gasteiger partial charge in [0, 0.05) is 19.0 Å². The molecule has 0 unspecified atom stereocenters. The van der Waals surface area contributed by atoms with Gasteiger partial charge in [-0.25, -0.2) is 9.78 Å². The number of nitrogens with one attached hydrogen (secondary N) is 1. The molecule has 2 aromatic carbocycles. The van der Waals surface area contributed by atoms with Crippen LogP contribution in [0, 0.1) is 6.92 Å². The van der Waals surface area contributed by atoms with Crippen LogP contribution in [0.5, 0.6) is 0 Å². The molecule has 4 rings (SSSR count). The third kappa shape index (κ3) is 4.58. The highest BCUT2D eigenvalue weighted by Crippen LogP contribution is 2.27. The summed E-state index contributed by atoms with van der Waals surface area (Å²) in [6, 6.07) is 13.8. The standard InChI is InChI=1S/C23H24N4O4/c1-14-24-17-12-15(10-11-20(17)30-14)25-21(28)18-13-19(22(29)31-23(2,3)4)27(26-18)16-8-6-5-7-9-16/h5-12,19H,13H2,1-4H3,(H,25,28)/t19-/m1/s1. The van der Waals surface area contributed by atoms with Gasteiger partial charge < -0.3 is 14.5 Å². The van der Waals surface area contributed by atoms with Crippen LogP contribution in [0.4, 0.5) is 11.4 Å². The van der Waals surface area contributed by atoms with E-state index in [1.54, 1.807) is 30.1 Å². The predicted molar refractivity (Wildman–Crippen MR) is 118 cm³/mol. The molecule has 2 heterocycles. The minimum absolute atomic E-state index is 0.140. The number of ether oxygens (including phenoxy) is 1. The van der Waals surface area contributed by atoms with Gasteiger partial charge in [0.25, 0.3) is 5.91 Å². The topological polar surface area (TPSA) is 97.0 Å². The van der Waals surface area contributed by atoms with Crippen molar-refractivity contribution in [2.75, 3.05) is 10.3 Å². The van der Waals surface area contributed by atoms with E-state index in [0.717, 1.165) is 0 Å². The lowest BCUT2D eigenvalue weighted by Crippen LogP contribution is -2.40. The predicted octanol–water partition coefficient (Wildman–Crippen LogP) is 4.05. The minimum Gasteiger partial charge on any atom is -0.458 e. The number of nitrogens with zero attached hydrogens (tertiary/aromatic N) is 3. The Morgan fingerprint density at radius 3 is 2.61 bits per heavy atom. The second-order valence-electron chi connectivity index (χ2n) is 8.35. The van der Waals surface area contributed by atoms with Gasteiger partial charge in [0.1, 0.15) is 16.8 Å². The van der Waals surface area contributed by atoms with Gasteiger partial charge in [-0.3, -0.25) is 9.80 Å². The Bertz CT molecular complexity index is 1160. The average Bonchev–Trinajstić information content (AvgIpc) is 3.30. The maximum Gasteiger partial charge on any atom is 0.331 e. The van der Waals surface area contributed by atoms with Gasteiger partial charge >= 0.3 is 5.97 Å². The normalized spacial score (nSPS) is 16.3. The number of para-hydroxylation sites is 1. The fourth-order valence-corrected chi connectivity index (χ4v) is 3.34. The molecule has 1 atom stereocenters. The van der Waals surface area contributed by atoms with Crippen molar-refractivity contribution in [1.29, 1.82) is 0 Å². The number of hydrazone groups is 1. The van der Waals surface area contributed by atoms with Crippen molar-refractivity contribution in [3.63, 3.8) is 0 Å². The van der Waals surface area contributed by atoms with E-state index < -0.39 is 17.6 Å². The minimum atomic E-state index is -0.719. The molecular weight excluding hydrogens is 396 g/mol. The summed E-state index contributed by atoms with van der Waals surface area (Å²) < 4.78 is 11.0. The van der Waals surface area contributed by atoms with E-state index in [4.69, 9.17) is 9.15 Å². The first-order chi connectivity index (χ1) is 14.7. The summed E-state index contributed by atoms with van der Waals surface area (Å²) in [6.45, 7) is 7.19. The third-order valence-corrected chi connectivity index (χ3v) is 4.62. The first kappa shape index (κ1) is 20.6. The lowest BCUT2D eigenvalue weighted by atomic mass is 10.1. The van der Waals surface area contributed by atoms with Crippen LogP contribution in [-0.4, -0.2) is 34.2 Å². The largest absolute Gasteiger partial charge is 0.458 e. The summed E-state index contributed by atoms with van der Waals surface area (Å²) in [5.41, 5.74) is 2.18. The molecule has 0 spiro atoms. The Morgan fingerprint density at radius 1 is 1.16 bits per heavy atom. The van der Waals surface area contributed by atoms with Crippen molar-refractivity contribution in [3.8, 4) is 0 Å². The van der Waals surface area contributed by atoms with Gasteiger partial charge in [-0.15, -0.1) is 0 Å². The van der Waals surface area contributed by atoms with E-state index >= 15 is 0 Å². The fourth-order valence-electron chi connectivity index (χ4n) is 3.34. The molecule has 1 N–H and O–H groups in total. The molecular formula is C23H24N4O4. The van der Waals surface area contributed by atoms with E-state index in [0.29, 0.717) is 28.4 Å². The SMILES string of the molecule is Cc1nc2cc(NC(=O)C3=NN(c4ccccc4)[C@@H](C(=O)OC(C)(C)C)C3)ccc2o1. The number of fused-ring (bicyclic) bond motifs is 1. The van der Waals surface area contributed by atoms with Gasteiger partial charge in [-0.2, -0.15) is 5.10 Å². The zero-order valence-corrected chi connectivity index (χ0v) is 17.9. The highest BCUT2D eigenvalue weighted by molar-refractivity contribution is 6.44. The van der Waals surface area contributed by atoms with Crippen LogP contribution in [0.25, 0.3) is 11.1 Å². The van der Waals surface area contributed by atoms with Crippen LogP contribution in [0.15, 0.2) is 58.0 Å². The zero-order valence-electron chi connectivity index (χ0n) is 17.9. The van der Waals surface area contributed by atoms with Crippen molar-refractivity contribution < 1.29 is 18.7 Å². The molecule has 0 aliphatic carbocycles. The highest BCUT2D eigenvalue weighted by Gasteiger charge is 2.38. The number of oxazole rings is 1. The maximum absolute atomic E-state index is 12.9. The number of rotatable bonds is 4. The first-order valence-corrected chi connectivity index (χ1v) is 10.0. The van der Waals surface area contributed by atoms with Crippen molar-refractivity contribution in [1.82, 2.24) is 4.98 Å². The number of anilines is 2. The zero-order chi connectivity index (χ0) is 22.2. The van der Waals surface area contributed by atoms with E-state index in [-0.39, 0.29) is 18.0 Å². The first-order valence-electron chi connectivity index (χ1n) is 10.0. The van der Waals surface area contributed by atoms with E-state index in [1.165, 1.54) is 0 Å². The molecule has 1 amide bonds. The molecule has 0 fully saturated rings. The molecule has 8 nitrogen and oxygen atoms in total. The molecule has 1 aromatic heterocycles. The number of hydrogen-bond acceptors (Lipinski definition) is 7. The van der Waals surface area contributed by atoms with E-state index in [1.807, 2.05) is 51.1 Å². The second kappa shape index (κ2) is 7.86. The summed E-state index contributed by atoms with van der Waals surface area (Å²) >= 11 is 0. The average molecular weight is 420 g/mol. The molecule has 3 aromatic rings. The number of aryl methyl sites for hydroxylation is 1. The molecule has 0 saturated heterocycles. The van der Waals surface area contributed by atoms with E-state index in [2.05, 4.69) is 15.4 Å². The van der Waals surface area contributed by atoms with Crippen LogP contribution in [0.2, 0.25) is 0 Å². The number of hydrogen-bond donors (Lipinski definition) is 1. The van der Waals surface area contributed by atoms with Crippen LogP contribution in [-0.2, 0) is 14.3 Å². The van der Waals surface area contributed by atoms with Crippen molar-refractivity contribution in [2.24, 2.45) is 5.10 Å². The molecule has 31 heavy (non-hydrogen) atoms. The highest BCUT2D eigenvalue weighted by atomic mass is 16.6. The Hall–Kier alpha value is -3.68. The number of esters is 1. The molecule has 1 aliphatic rings. The van der Waals surface area contributed by atoms with E-state index in [9.17, 15) is 9.59 Å². The molecule has 8 heteroatoms. The summed E-state index contributed by atoms with van der Waals surface area (Å²) in [5, 5.41) is 8.84. The molecule has 1 aliphatic heterocycles. The van der Waals surface area contributed by atoms with Crippen molar-refractivity contribution >= 4 is 40.1 Å². The number of benzene rings is 2. The Kier molecular flexibility index (Phi) is 5.22. The quantitative estimate of drug-likeness (QED) is 0.640. The Balaban J connectivity index is 1.57. The van der Waals surface area contributed by atoms with Gasteiger partial charge in [-0.05, 0) is 51.1 Å². The summed E-state index contributed by atoms with van der Waals surface area (Å²) in [6.07, 6.45) is 0.140. The van der Waals surface area contributed by atoms with Crippen molar-refractivity contribution in [3.05, 3.63) is 54.4 Å². The number of carbonyl (C=O) groups is 2.